The molecule has 0 spiro atoms. The van der Waals surface area contributed by atoms with Crippen molar-refractivity contribution >= 4 is 18.3 Å². The van der Waals surface area contributed by atoms with Gasteiger partial charge in [-0.25, -0.2) is 0 Å². The van der Waals surface area contributed by atoms with Gasteiger partial charge in [0, 0.05) is 11.4 Å². The van der Waals surface area contributed by atoms with Crippen molar-refractivity contribution in [2.45, 2.75) is 5.75 Å². The molecule has 1 aromatic rings. The van der Waals surface area contributed by atoms with Crippen LogP contribution in [0.4, 0.5) is 5.69 Å². The Morgan fingerprint density at radius 1 is 1.55 bits per heavy atom. The first kappa shape index (κ1) is 8.27. The van der Waals surface area contributed by atoms with Gasteiger partial charge in [-0.3, -0.25) is 0 Å². The molecule has 1 rings (SSSR count). The summed E-state index contributed by atoms with van der Waals surface area (Å²) in [5.74, 6) is 1.46. The highest BCUT2D eigenvalue weighted by atomic mass is 32.1. The highest BCUT2D eigenvalue weighted by Crippen LogP contribution is 2.20. The number of methoxy groups -OCH3 is 1. The van der Waals surface area contributed by atoms with Crippen LogP contribution in [0.25, 0.3) is 0 Å². The number of nitrogens with two attached hydrogens (primary N) is 1. The topological polar surface area (TPSA) is 35.2 Å². The van der Waals surface area contributed by atoms with Gasteiger partial charge < -0.3 is 10.5 Å². The molecule has 0 atom stereocenters. The van der Waals surface area contributed by atoms with E-state index in [4.69, 9.17) is 10.5 Å². The van der Waals surface area contributed by atoms with Crippen LogP contribution in [0, 0.1) is 0 Å². The molecule has 0 fully saturated rings. The Bertz CT molecular complexity index is 250. The number of anilines is 1. The van der Waals surface area contributed by atoms with Gasteiger partial charge in [0.05, 0.1) is 7.11 Å². The second kappa shape index (κ2) is 3.53. The van der Waals surface area contributed by atoms with E-state index in [1.807, 2.05) is 18.2 Å². The smallest absolute Gasteiger partial charge is 0.119 e. The van der Waals surface area contributed by atoms with Crippen molar-refractivity contribution in [2.24, 2.45) is 0 Å². The molecule has 0 aliphatic heterocycles. The van der Waals surface area contributed by atoms with E-state index in [0.29, 0.717) is 5.75 Å². The van der Waals surface area contributed by atoms with Crippen LogP contribution in [0.1, 0.15) is 5.56 Å². The van der Waals surface area contributed by atoms with Crippen LogP contribution in [0.2, 0.25) is 0 Å². The van der Waals surface area contributed by atoms with E-state index in [-0.39, 0.29) is 0 Å². The minimum atomic E-state index is 0.642. The fraction of sp³-hybridized carbons (Fsp3) is 0.250. The molecule has 0 saturated carbocycles. The Balaban J connectivity index is 3.02. The van der Waals surface area contributed by atoms with E-state index in [2.05, 4.69) is 12.6 Å². The van der Waals surface area contributed by atoms with Crippen molar-refractivity contribution < 1.29 is 4.74 Å². The second-order valence-electron chi connectivity index (χ2n) is 2.22. The van der Waals surface area contributed by atoms with Crippen molar-refractivity contribution in [2.75, 3.05) is 12.8 Å². The molecule has 3 heteroatoms. The van der Waals surface area contributed by atoms with Crippen LogP contribution in [0.15, 0.2) is 18.2 Å². The Morgan fingerprint density at radius 3 is 2.82 bits per heavy atom. The fourth-order valence-electron chi connectivity index (χ4n) is 0.846. The summed E-state index contributed by atoms with van der Waals surface area (Å²) in [5.41, 5.74) is 7.42. The minimum absolute atomic E-state index is 0.642. The van der Waals surface area contributed by atoms with E-state index in [9.17, 15) is 0 Å². The predicted molar refractivity (Wildman–Crippen MR) is 50.1 cm³/mol. The van der Waals surface area contributed by atoms with Gasteiger partial charge >= 0.3 is 0 Å². The maximum atomic E-state index is 5.65. The maximum absolute atomic E-state index is 5.65. The van der Waals surface area contributed by atoms with Gasteiger partial charge in [0.2, 0.25) is 0 Å². The zero-order valence-corrected chi connectivity index (χ0v) is 7.27. The van der Waals surface area contributed by atoms with Crippen molar-refractivity contribution in [3.8, 4) is 5.75 Å². The van der Waals surface area contributed by atoms with Crippen molar-refractivity contribution in [3.63, 3.8) is 0 Å². The van der Waals surface area contributed by atoms with Crippen LogP contribution >= 0.6 is 12.6 Å². The fourth-order valence-corrected chi connectivity index (χ4v) is 1.12. The molecule has 0 aliphatic rings. The highest BCUT2D eigenvalue weighted by molar-refractivity contribution is 7.79. The Kier molecular flexibility index (Phi) is 2.65. The monoisotopic (exact) mass is 169 g/mol. The van der Waals surface area contributed by atoms with Gasteiger partial charge in [-0.05, 0) is 23.8 Å². The molecule has 0 aromatic heterocycles. The number of hydrogen-bond acceptors (Lipinski definition) is 3. The molecule has 0 amide bonds. The third-order valence-electron chi connectivity index (χ3n) is 1.52. The Labute approximate surface area is 71.8 Å². The first-order chi connectivity index (χ1) is 5.27. The molecular formula is C8H11NOS. The van der Waals surface area contributed by atoms with Crippen LogP contribution in [-0.2, 0) is 5.75 Å². The molecule has 1 aromatic carbocycles. The first-order valence-electron chi connectivity index (χ1n) is 3.31. The molecule has 2 N–H and O–H groups in total. The molecule has 0 heterocycles. The normalized spacial score (nSPS) is 9.64. The van der Waals surface area contributed by atoms with Crippen molar-refractivity contribution in [1.29, 1.82) is 0 Å². The van der Waals surface area contributed by atoms with Gasteiger partial charge in [0.15, 0.2) is 0 Å². The average Bonchev–Trinajstić information content (AvgIpc) is 2.05. The first-order valence-corrected chi connectivity index (χ1v) is 3.94. The molecule has 0 unspecified atom stereocenters. The van der Waals surface area contributed by atoms with Crippen LogP contribution in [-0.4, -0.2) is 7.11 Å². The standard InChI is InChI=1S/C8H11NOS/c1-10-7-2-3-8(9)6(4-7)5-11/h2-4,11H,5,9H2,1H3. The van der Waals surface area contributed by atoms with Crippen LogP contribution in [0.5, 0.6) is 5.75 Å². The van der Waals surface area contributed by atoms with Crippen molar-refractivity contribution in [3.05, 3.63) is 23.8 Å². The van der Waals surface area contributed by atoms with Gasteiger partial charge in [-0.2, -0.15) is 12.6 Å². The van der Waals surface area contributed by atoms with Gasteiger partial charge in [-0.1, -0.05) is 0 Å². The summed E-state index contributed by atoms with van der Waals surface area (Å²) in [5, 5.41) is 0. The predicted octanol–water partition coefficient (Wildman–Crippen LogP) is 1.71. The zero-order valence-electron chi connectivity index (χ0n) is 6.37. The number of rotatable bonds is 2. The second-order valence-corrected chi connectivity index (χ2v) is 2.54. The molecule has 60 valence electrons. The summed E-state index contributed by atoms with van der Waals surface area (Å²) in [7, 11) is 1.63. The summed E-state index contributed by atoms with van der Waals surface area (Å²) in [4.78, 5) is 0. The molecule has 11 heavy (non-hydrogen) atoms. The van der Waals surface area contributed by atoms with Gasteiger partial charge in [-0.15, -0.1) is 0 Å². The minimum Gasteiger partial charge on any atom is -0.497 e. The maximum Gasteiger partial charge on any atom is 0.119 e. The Hall–Kier alpha value is -0.830. The summed E-state index contributed by atoms with van der Waals surface area (Å²) >= 11 is 4.13. The number of ether oxygens (including phenoxy) is 1. The SMILES string of the molecule is COc1ccc(N)c(CS)c1. The van der Waals surface area contributed by atoms with E-state index < -0.39 is 0 Å². The zero-order chi connectivity index (χ0) is 8.27. The van der Waals surface area contributed by atoms with E-state index in [1.54, 1.807) is 7.11 Å². The highest BCUT2D eigenvalue weighted by Gasteiger charge is 1.97. The number of benzene rings is 1. The van der Waals surface area contributed by atoms with Crippen LogP contribution < -0.4 is 10.5 Å². The molecule has 2 nitrogen and oxygen atoms in total. The number of nitrogen functional groups attached to an aromatic ring is 1. The molecule has 0 bridgehead atoms. The number of hydrogen-bond donors (Lipinski definition) is 2. The van der Waals surface area contributed by atoms with Crippen molar-refractivity contribution in [1.82, 2.24) is 0 Å². The Morgan fingerprint density at radius 2 is 2.27 bits per heavy atom. The lowest BCUT2D eigenvalue weighted by Gasteiger charge is -2.04. The number of thiol groups is 1. The molecule has 0 aliphatic carbocycles. The summed E-state index contributed by atoms with van der Waals surface area (Å²) in [6, 6.07) is 5.55. The van der Waals surface area contributed by atoms with E-state index in [0.717, 1.165) is 17.0 Å². The third-order valence-corrected chi connectivity index (χ3v) is 1.86. The lowest BCUT2D eigenvalue weighted by Crippen LogP contribution is -1.92. The van der Waals surface area contributed by atoms with Gasteiger partial charge in [0.1, 0.15) is 5.75 Å². The third kappa shape index (κ3) is 1.80. The van der Waals surface area contributed by atoms with E-state index in [1.165, 1.54) is 0 Å². The molecule has 0 radical (unpaired) electrons. The lowest BCUT2D eigenvalue weighted by atomic mass is 10.2. The average molecular weight is 169 g/mol. The lowest BCUT2D eigenvalue weighted by molar-refractivity contribution is 0.414. The summed E-state index contributed by atoms with van der Waals surface area (Å²) < 4.78 is 5.02. The van der Waals surface area contributed by atoms with Crippen LogP contribution in [0.3, 0.4) is 0 Å². The largest absolute Gasteiger partial charge is 0.497 e. The van der Waals surface area contributed by atoms with E-state index >= 15 is 0 Å². The summed E-state index contributed by atoms with van der Waals surface area (Å²) in [6.45, 7) is 0. The molecular weight excluding hydrogens is 158 g/mol. The summed E-state index contributed by atoms with van der Waals surface area (Å²) in [6.07, 6.45) is 0. The van der Waals surface area contributed by atoms with Gasteiger partial charge in [0.25, 0.3) is 0 Å². The quantitative estimate of drug-likeness (QED) is 0.522. The molecule has 0 saturated heterocycles.